The largest absolute Gasteiger partial charge is 0.392 e. The van der Waals surface area contributed by atoms with Crippen LogP contribution < -0.4 is 5.32 Å². The van der Waals surface area contributed by atoms with Gasteiger partial charge in [0.25, 0.3) is 0 Å². The maximum atomic E-state index is 9.65. The first-order valence-electron chi connectivity index (χ1n) is 5.97. The predicted molar refractivity (Wildman–Crippen MR) is 62.9 cm³/mol. The normalized spacial score (nSPS) is 27.8. The molecule has 1 aliphatic carbocycles. The van der Waals surface area contributed by atoms with E-state index in [4.69, 9.17) is 0 Å². The number of aromatic nitrogens is 2. The molecule has 0 aromatic carbocycles. The van der Waals surface area contributed by atoms with Crippen molar-refractivity contribution in [1.29, 1.82) is 0 Å². The Bertz CT molecular complexity index is 359. The van der Waals surface area contributed by atoms with Crippen molar-refractivity contribution in [3.05, 3.63) is 18.0 Å². The average molecular weight is 223 g/mol. The van der Waals surface area contributed by atoms with E-state index in [1.54, 1.807) is 0 Å². The summed E-state index contributed by atoms with van der Waals surface area (Å²) in [7, 11) is 0. The van der Waals surface area contributed by atoms with Gasteiger partial charge in [-0.05, 0) is 19.4 Å². The highest BCUT2D eigenvalue weighted by Gasteiger charge is 2.46. The molecular formula is C12H21N3O. The van der Waals surface area contributed by atoms with Gasteiger partial charge in [0.2, 0.25) is 0 Å². The van der Waals surface area contributed by atoms with Crippen molar-refractivity contribution in [1.82, 2.24) is 15.1 Å². The highest BCUT2D eigenvalue weighted by molar-refractivity contribution is 5.05. The Labute approximate surface area is 96.7 Å². The summed E-state index contributed by atoms with van der Waals surface area (Å²) in [5, 5.41) is 17.4. The highest BCUT2D eigenvalue weighted by atomic mass is 16.3. The molecule has 4 nitrogen and oxygen atoms in total. The number of hydrogen-bond donors (Lipinski definition) is 2. The van der Waals surface area contributed by atoms with E-state index in [-0.39, 0.29) is 11.5 Å². The van der Waals surface area contributed by atoms with Gasteiger partial charge in [-0.3, -0.25) is 4.68 Å². The fourth-order valence-electron chi connectivity index (χ4n) is 2.27. The van der Waals surface area contributed by atoms with Crippen LogP contribution >= 0.6 is 0 Å². The number of nitrogens with zero attached hydrogens (tertiary/aromatic N) is 2. The van der Waals surface area contributed by atoms with Gasteiger partial charge < -0.3 is 10.4 Å². The summed E-state index contributed by atoms with van der Waals surface area (Å²) in [6.07, 6.45) is 2.52. The molecule has 4 heteroatoms. The molecular weight excluding hydrogens is 202 g/mol. The first-order chi connectivity index (χ1) is 7.55. The topological polar surface area (TPSA) is 50.1 Å². The Kier molecular flexibility index (Phi) is 3.04. The maximum absolute atomic E-state index is 9.65. The second-order valence-corrected chi connectivity index (χ2v) is 5.14. The summed E-state index contributed by atoms with van der Waals surface area (Å²) >= 11 is 0. The van der Waals surface area contributed by atoms with E-state index in [2.05, 4.69) is 31.2 Å². The summed E-state index contributed by atoms with van der Waals surface area (Å²) in [5.74, 6) is 0. The van der Waals surface area contributed by atoms with E-state index in [0.29, 0.717) is 6.04 Å². The zero-order chi connectivity index (χ0) is 11.8. The van der Waals surface area contributed by atoms with Gasteiger partial charge >= 0.3 is 0 Å². The Morgan fingerprint density at radius 1 is 1.62 bits per heavy atom. The number of aryl methyl sites for hydroxylation is 1. The number of rotatable bonds is 4. The minimum absolute atomic E-state index is 0.00291. The lowest BCUT2D eigenvalue weighted by Crippen LogP contribution is -2.59. The molecule has 2 unspecified atom stereocenters. The highest BCUT2D eigenvalue weighted by Crippen LogP contribution is 2.40. The molecule has 1 heterocycles. The van der Waals surface area contributed by atoms with E-state index < -0.39 is 0 Å². The predicted octanol–water partition coefficient (Wildman–Crippen LogP) is 1.15. The molecule has 2 rings (SSSR count). The van der Waals surface area contributed by atoms with Crippen molar-refractivity contribution in [3.63, 3.8) is 0 Å². The molecule has 0 amide bonds. The van der Waals surface area contributed by atoms with E-state index in [9.17, 15) is 5.11 Å². The van der Waals surface area contributed by atoms with Crippen molar-refractivity contribution < 1.29 is 5.11 Å². The molecule has 16 heavy (non-hydrogen) atoms. The molecule has 0 spiro atoms. The standard InChI is InChI=1S/C12H21N3O/c1-4-15-9(5-6-14-15)8-13-10-7-11(16)12(10,2)3/h5-6,10-11,13,16H,4,7-8H2,1-3H3. The van der Waals surface area contributed by atoms with Crippen LogP contribution in [0.3, 0.4) is 0 Å². The molecule has 90 valence electrons. The molecule has 1 aromatic rings. The Morgan fingerprint density at radius 2 is 2.38 bits per heavy atom. The van der Waals surface area contributed by atoms with Crippen LogP contribution in [0.4, 0.5) is 0 Å². The maximum Gasteiger partial charge on any atom is 0.0621 e. The Hall–Kier alpha value is -0.870. The number of aliphatic hydroxyl groups is 1. The van der Waals surface area contributed by atoms with E-state index in [1.807, 2.05) is 16.9 Å². The third-order valence-electron chi connectivity index (χ3n) is 3.85. The molecule has 0 aliphatic heterocycles. The van der Waals surface area contributed by atoms with Gasteiger partial charge in [0.1, 0.15) is 0 Å². The first kappa shape index (κ1) is 11.6. The van der Waals surface area contributed by atoms with Crippen LogP contribution in [-0.4, -0.2) is 27.0 Å². The number of hydrogen-bond acceptors (Lipinski definition) is 3. The van der Waals surface area contributed by atoms with E-state index >= 15 is 0 Å². The van der Waals surface area contributed by atoms with Crippen LogP contribution in [0, 0.1) is 5.41 Å². The third-order valence-corrected chi connectivity index (χ3v) is 3.85. The van der Waals surface area contributed by atoms with Crippen LogP contribution in [0.2, 0.25) is 0 Å². The van der Waals surface area contributed by atoms with Crippen LogP contribution in [0.1, 0.15) is 32.9 Å². The van der Waals surface area contributed by atoms with Crippen molar-refractivity contribution >= 4 is 0 Å². The summed E-state index contributed by atoms with van der Waals surface area (Å²) < 4.78 is 2.00. The molecule has 1 aromatic heterocycles. The van der Waals surface area contributed by atoms with Crippen LogP contribution in [0.15, 0.2) is 12.3 Å². The molecule has 1 saturated carbocycles. The van der Waals surface area contributed by atoms with Gasteiger partial charge in [-0.1, -0.05) is 13.8 Å². The molecule has 2 N–H and O–H groups in total. The average Bonchev–Trinajstić information content (AvgIpc) is 2.71. The molecule has 1 aliphatic rings. The van der Waals surface area contributed by atoms with Gasteiger partial charge in [0.05, 0.1) is 11.8 Å². The van der Waals surface area contributed by atoms with Gasteiger partial charge in [0, 0.05) is 30.7 Å². The van der Waals surface area contributed by atoms with Gasteiger partial charge in [-0.2, -0.15) is 5.10 Å². The minimum Gasteiger partial charge on any atom is -0.392 e. The monoisotopic (exact) mass is 223 g/mol. The Morgan fingerprint density at radius 3 is 2.94 bits per heavy atom. The Balaban J connectivity index is 1.89. The number of nitrogens with one attached hydrogen (secondary N) is 1. The second kappa shape index (κ2) is 4.18. The molecule has 0 bridgehead atoms. The van der Waals surface area contributed by atoms with Crippen molar-refractivity contribution in [2.45, 2.75) is 52.4 Å². The van der Waals surface area contributed by atoms with Gasteiger partial charge in [-0.15, -0.1) is 0 Å². The molecule has 1 fully saturated rings. The lowest BCUT2D eigenvalue weighted by atomic mass is 9.64. The smallest absolute Gasteiger partial charge is 0.0621 e. The fourth-order valence-corrected chi connectivity index (χ4v) is 2.27. The van der Waals surface area contributed by atoms with Crippen molar-refractivity contribution in [3.8, 4) is 0 Å². The lowest BCUT2D eigenvalue weighted by molar-refractivity contribution is -0.0731. The first-order valence-corrected chi connectivity index (χ1v) is 5.97. The van der Waals surface area contributed by atoms with Gasteiger partial charge in [-0.25, -0.2) is 0 Å². The zero-order valence-corrected chi connectivity index (χ0v) is 10.3. The van der Waals surface area contributed by atoms with Crippen LogP contribution in [0.25, 0.3) is 0 Å². The van der Waals surface area contributed by atoms with Gasteiger partial charge in [0.15, 0.2) is 0 Å². The minimum atomic E-state index is -0.166. The van der Waals surface area contributed by atoms with Crippen molar-refractivity contribution in [2.24, 2.45) is 5.41 Å². The third kappa shape index (κ3) is 1.87. The summed E-state index contributed by atoms with van der Waals surface area (Å²) in [6, 6.07) is 2.45. The number of aliphatic hydroxyl groups excluding tert-OH is 1. The fraction of sp³-hybridized carbons (Fsp3) is 0.750. The van der Waals surface area contributed by atoms with E-state index in [1.165, 1.54) is 5.69 Å². The van der Waals surface area contributed by atoms with E-state index in [0.717, 1.165) is 19.5 Å². The quantitative estimate of drug-likeness (QED) is 0.805. The lowest BCUT2D eigenvalue weighted by Gasteiger charge is -2.49. The second-order valence-electron chi connectivity index (χ2n) is 5.14. The summed E-state index contributed by atoms with van der Waals surface area (Å²) in [4.78, 5) is 0. The molecule has 2 atom stereocenters. The SMILES string of the molecule is CCn1nccc1CNC1CC(O)C1(C)C. The molecule has 0 radical (unpaired) electrons. The summed E-state index contributed by atoms with van der Waals surface area (Å²) in [6.45, 7) is 8.04. The van der Waals surface area contributed by atoms with Crippen LogP contribution in [-0.2, 0) is 13.1 Å². The summed E-state index contributed by atoms with van der Waals surface area (Å²) in [5.41, 5.74) is 1.21. The molecule has 0 saturated heterocycles. The zero-order valence-electron chi connectivity index (χ0n) is 10.3. The van der Waals surface area contributed by atoms with Crippen molar-refractivity contribution in [2.75, 3.05) is 0 Å². The van der Waals surface area contributed by atoms with Crippen LogP contribution in [0.5, 0.6) is 0 Å².